The molecule has 7 heavy (non-hydrogen) atoms. The van der Waals surface area contributed by atoms with Gasteiger partial charge in [-0.15, -0.1) is 0 Å². The molecular formula is H2CoCrCuFeMnSeZn. The third-order valence-electron chi connectivity index (χ3n) is 0. The first-order chi connectivity index (χ1) is 0. The fourth-order valence-corrected chi connectivity index (χ4v) is 0. The van der Waals surface area contributed by atoms with Gasteiger partial charge in [0.25, 0.3) is 0 Å². The fourth-order valence-electron chi connectivity index (χ4n) is 0. The molecule has 3 radical (unpaired) electrons. The number of hydrogen-bond acceptors (Lipinski definition) is 0. The van der Waals surface area contributed by atoms with Gasteiger partial charge in [-0.2, -0.15) is 0 Å². The minimum Gasteiger partial charge on any atom is 0 e. The molecule has 0 aliphatic carbocycles. The molecule has 0 spiro atoms. The molecule has 0 heterocycles. The molecule has 0 nitrogen and oxygen atoms in total. The molecule has 0 aromatic rings. The van der Waals surface area contributed by atoms with Crippen molar-refractivity contribution in [1.82, 2.24) is 0 Å². The second-order valence-electron chi connectivity index (χ2n) is 0. The Hall–Kier alpha value is 3.74. The first kappa shape index (κ1) is 72.8. The van der Waals surface area contributed by atoms with E-state index < -0.39 is 0 Å². The third kappa shape index (κ3) is 41.7. The topological polar surface area (TPSA) is 0 Å². The van der Waals surface area contributed by atoms with Crippen molar-refractivity contribution in [3.8, 4) is 0 Å². The molecule has 0 N–H and O–H groups in total. The van der Waals surface area contributed by atoms with E-state index in [-0.39, 0.29) is 122 Å². The fraction of sp³-hybridized carbons (Fsp3) is 0. The first-order valence-electron chi connectivity index (χ1n) is 0. The Balaban J connectivity index is 0. The maximum absolute atomic E-state index is 0. The SMILES string of the molecule is [Co].[Cr].[Cu].[Fe].[Mn].[SeH2].[Zn]. The normalized spacial score (nSPS) is 0. The van der Waals surface area contributed by atoms with Crippen molar-refractivity contribution >= 4 is 17.1 Å². The van der Waals surface area contributed by atoms with Gasteiger partial charge in [0.15, 0.2) is 0 Å². The maximum atomic E-state index is 0. The van der Waals surface area contributed by atoms with Crippen LogP contribution >= 0.6 is 0 Å². The van der Waals surface area contributed by atoms with Gasteiger partial charge in [-0.1, -0.05) is 0 Å². The molecule has 0 rings (SSSR count). The standard InChI is InChI=1S/Co.Cr.Cu.Fe.Mn.H2Se.Zn/h;;;;;1H2;. The van der Waals surface area contributed by atoms with Gasteiger partial charge in [0.1, 0.15) is 0 Å². The summed E-state index contributed by atoms with van der Waals surface area (Å²) in [5.41, 5.74) is 0. The quantitative estimate of drug-likeness (QED) is 0.435. The first-order valence-corrected chi connectivity index (χ1v) is 0. The number of rotatable bonds is 0. The average molecular weight is 432 g/mol. The van der Waals surface area contributed by atoms with Crippen molar-refractivity contribution in [2.75, 3.05) is 0 Å². The maximum Gasteiger partial charge on any atom is 0 e. The van der Waals surface area contributed by atoms with Crippen molar-refractivity contribution in [2.24, 2.45) is 0 Å². The molecular weight excluding hydrogens is 430 g/mol. The molecule has 0 bridgehead atoms. The molecule has 51 valence electrons. The van der Waals surface area contributed by atoms with E-state index >= 15 is 0 Å². The van der Waals surface area contributed by atoms with E-state index in [0.29, 0.717) is 0 Å². The Bertz CT molecular complexity index is 19.7. The summed E-state index contributed by atoms with van der Waals surface area (Å²) >= 11 is 0. The van der Waals surface area contributed by atoms with Gasteiger partial charge in [0.05, 0.1) is 0 Å². The second kappa shape index (κ2) is 53.2. The van der Waals surface area contributed by atoms with Gasteiger partial charge in [-0.3, -0.25) is 0 Å². The molecule has 0 fully saturated rings. The molecule has 0 saturated heterocycles. The van der Waals surface area contributed by atoms with Crippen LogP contribution in [-0.2, 0) is 105 Å². The average Bonchev–Trinajstić information content (AvgIpc) is 0. The van der Waals surface area contributed by atoms with Crippen LogP contribution in [0.15, 0.2) is 0 Å². The van der Waals surface area contributed by atoms with Gasteiger partial charge < -0.3 is 0 Å². The van der Waals surface area contributed by atoms with Gasteiger partial charge >= 0.3 is 17.1 Å². The molecule has 0 atom stereocenters. The zero-order valence-electron chi connectivity index (χ0n) is 2.98. The zero-order valence-corrected chi connectivity index (χ0v) is 13.6. The van der Waals surface area contributed by atoms with Crippen LogP contribution in [0.25, 0.3) is 0 Å². The van der Waals surface area contributed by atoms with Crippen LogP contribution in [0.3, 0.4) is 0 Å². The van der Waals surface area contributed by atoms with Crippen molar-refractivity contribution in [2.45, 2.75) is 0 Å². The monoisotopic (exact) mass is 431 g/mol. The van der Waals surface area contributed by atoms with E-state index in [2.05, 4.69) is 0 Å². The Kier molecular flexibility index (Phi) is 553. The van der Waals surface area contributed by atoms with Crippen molar-refractivity contribution in [3.05, 3.63) is 0 Å². The summed E-state index contributed by atoms with van der Waals surface area (Å²) in [6.45, 7) is 0. The minimum absolute atomic E-state index is 0. The predicted octanol–water partition coefficient (Wildman–Crippen LogP) is -0.931. The minimum atomic E-state index is 0. The summed E-state index contributed by atoms with van der Waals surface area (Å²) in [5, 5.41) is 0. The van der Waals surface area contributed by atoms with Gasteiger partial charge in [-0.05, 0) is 0 Å². The zero-order chi connectivity index (χ0) is 0. The largest absolute Gasteiger partial charge is 0 e. The summed E-state index contributed by atoms with van der Waals surface area (Å²) in [7, 11) is 0. The van der Waals surface area contributed by atoms with Crippen LogP contribution in [-0.4, -0.2) is 17.1 Å². The van der Waals surface area contributed by atoms with Crippen LogP contribution in [0.2, 0.25) is 0 Å². The Labute approximate surface area is 120 Å². The molecule has 0 aromatic heterocycles. The molecule has 7 heteroatoms. The van der Waals surface area contributed by atoms with Gasteiger partial charge in [0, 0.05) is 105 Å². The smallest absolute Gasteiger partial charge is 0 e. The molecule has 0 aliphatic rings. The van der Waals surface area contributed by atoms with Crippen LogP contribution in [0.4, 0.5) is 0 Å². The van der Waals surface area contributed by atoms with E-state index in [1.54, 1.807) is 0 Å². The van der Waals surface area contributed by atoms with E-state index in [1.807, 2.05) is 0 Å². The molecule has 0 unspecified atom stereocenters. The molecule has 0 aromatic carbocycles. The van der Waals surface area contributed by atoms with Crippen molar-refractivity contribution in [3.63, 3.8) is 0 Å². The Morgan fingerprint density at radius 1 is 1.00 bits per heavy atom. The summed E-state index contributed by atoms with van der Waals surface area (Å²) in [4.78, 5) is 0. The van der Waals surface area contributed by atoms with E-state index in [9.17, 15) is 0 Å². The molecule has 0 aliphatic heterocycles. The number of hydrogen-bond donors (Lipinski definition) is 0. The van der Waals surface area contributed by atoms with E-state index in [4.69, 9.17) is 0 Å². The Morgan fingerprint density at radius 3 is 1.00 bits per heavy atom. The van der Waals surface area contributed by atoms with Gasteiger partial charge in [0.2, 0.25) is 0 Å². The summed E-state index contributed by atoms with van der Waals surface area (Å²) < 4.78 is 0. The summed E-state index contributed by atoms with van der Waals surface area (Å²) in [6.07, 6.45) is 0. The Morgan fingerprint density at radius 2 is 1.00 bits per heavy atom. The summed E-state index contributed by atoms with van der Waals surface area (Å²) in [6, 6.07) is 0. The van der Waals surface area contributed by atoms with Crippen LogP contribution in [0.5, 0.6) is 0 Å². The molecule has 0 amide bonds. The summed E-state index contributed by atoms with van der Waals surface area (Å²) in [5.74, 6) is 0. The van der Waals surface area contributed by atoms with E-state index in [0.717, 1.165) is 0 Å². The van der Waals surface area contributed by atoms with Crippen molar-refractivity contribution in [1.29, 1.82) is 0 Å². The van der Waals surface area contributed by atoms with Crippen LogP contribution in [0, 0.1) is 0 Å². The third-order valence-corrected chi connectivity index (χ3v) is 0. The van der Waals surface area contributed by atoms with Crippen LogP contribution in [0.1, 0.15) is 0 Å². The van der Waals surface area contributed by atoms with Crippen LogP contribution < -0.4 is 0 Å². The van der Waals surface area contributed by atoms with E-state index in [1.165, 1.54) is 0 Å². The molecule has 0 saturated carbocycles. The van der Waals surface area contributed by atoms with Gasteiger partial charge in [-0.25, -0.2) is 0 Å². The predicted molar refractivity (Wildman–Crippen MR) is 8.54 cm³/mol. The second-order valence-corrected chi connectivity index (χ2v) is 0. The van der Waals surface area contributed by atoms with Crippen molar-refractivity contribution < 1.29 is 105 Å².